The molecule has 0 atom stereocenters. The number of sulfonamides is 1. The monoisotopic (exact) mass is 315 g/mol. The molecule has 0 radical (unpaired) electrons. The molecule has 0 fully saturated rings. The van der Waals surface area contributed by atoms with Crippen molar-refractivity contribution in [3.63, 3.8) is 0 Å². The average molecular weight is 315 g/mol. The van der Waals surface area contributed by atoms with Gasteiger partial charge in [0.05, 0.1) is 10.6 Å². The highest BCUT2D eigenvalue weighted by atomic mass is 32.2. The fourth-order valence-corrected chi connectivity index (χ4v) is 2.99. The van der Waals surface area contributed by atoms with Gasteiger partial charge >= 0.3 is 0 Å². The number of rotatable bonds is 9. The number of nitro benzene ring substituents is 1. The number of nitro groups is 1. The summed E-state index contributed by atoms with van der Waals surface area (Å²) < 4.78 is 27.1. The quantitative estimate of drug-likeness (QED) is 0.414. The SMILES string of the molecule is CCCCNS(=O)(=O)c1cc([N+](=O)[O-])ccc1NCCC. The molecule has 7 nitrogen and oxygen atoms in total. The first kappa shape index (κ1) is 17.4. The van der Waals surface area contributed by atoms with Crippen LogP contribution in [0.1, 0.15) is 33.1 Å². The van der Waals surface area contributed by atoms with Crippen LogP contribution in [0.25, 0.3) is 0 Å². The van der Waals surface area contributed by atoms with Gasteiger partial charge in [-0.25, -0.2) is 13.1 Å². The number of nitrogens with zero attached hydrogens (tertiary/aromatic N) is 1. The Balaban J connectivity index is 3.14. The van der Waals surface area contributed by atoms with E-state index in [9.17, 15) is 18.5 Å². The molecule has 1 aromatic carbocycles. The normalized spacial score (nSPS) is 11.3. The number of nitrogens with one attached hydrogen (secondary N) is 2. The molecule has 0 aromatic heterocycles. The van der Waals surface area contributed by atoms with Crippen LogP contribution in [-0.4, -0.2) is 26.4 Å². The summed E-state index contributed by atoms with van der Waals surface area (Å²) in [5, 5.41) is 13.8. The van der Waals surface area contributed by atoms with E-state index >= 15 is 0 Å². The predicted molar refractivity (Wildman–Crippen MR) is 82.0 cm³/mol. The summed E-state index contributed by atoms with van der Waals surface area (Å²) in [6, 6.07) is 3.82. The molecule has 0 aliphatic carbocycles. The van der Waals surface area contributed by atoms with Crippen LogP contribution in [0.3, 0.4) is 0 Å². The molecule has 0 saturated carbocycles. The van der Waals surface area contributed by atoms with Gasteiger partial charge in [0.25, 0.3) is 5.69 Å². The molecule has 118 valence electrons. The predicted octanol–water partition coefficient (Wildman–Crippen LogP) is 2.50. The standard InChI is InChI=1S/C13H21N3O4S/c1-3-5-9-15-21(19,20)13-10-11(16(17)18)6-7-12(13)14-8-4-2/h6-7,10,14-15H,3-5,8-9H2,1-2H3. The van der Waals surface area contributed by atoms with Crippen LogP contribution in [0, 0.1) is 10.1 Å². The minimum Gasteiger partial charge on any atom is -0.384 e. The van der Waals surface area contributed by atoms with Crippen LogP contribution in [0.15, 0.2) is 23.1 Å². The second kappa shape index (κ2) is 7.94. The molecule has 1 rings (SSSR count). The third kappa shape index (κ3) is 4.98. The molecule has 2 N–H and O–H groups in total. The maximum absolute atomic E-state index is 12.3. The van der Waals surface area contributed by atoms with Crippen molar-refractivity contribution >= 4 is 21.4 Å². The van der Waals surface area contributed by atoms with Crippen LogP contribution < -0.4 is 10.0 Å². The van der Waals surface area contributed by atoms with Gasteiger partial charge in [0.1, 0.15) is 4.90 Å². The number of anilines is 1. The largest absolute Gasteiger partial charge is 0.384 e. The first-order valence-corrected chi connectivity index (χ1v) is 8.42. The lowest BCUT2D eigenvalue weighted by atomic mass is 10.3. The maximum atomic E-state index is 12.3. The molecule has 0 saturated heterocycles. The molecular formula is C13H21N3O4S. The summed E-state index contributed by atoms with van der Waals surface area (Å²) in [6.07, 6.45) is 2.39. The van der Waals surface area contributed by atoms with Crippen molar-refractivity contribution in [2.75, 3.05) is 18.4 Å². The van der Waals surface area contributed by atoms with Crippen LogP contribution in [-0.2, 0) is 10.0 Å². The Kier molecular flexibility index (Phi) is 6.57. The van der Waals surface area contributed by atoms with E-state index in [1.165, 1.54) is 12.1 Å². The van der Waals surface area contributed by atoms with Crippen molar-refractivity contribution in [2.24, 2.45) is 0 Å². The summed E-state index contributed by atoms with van der Waals surface area (Å²) in [5.41, 5.74) is 0.138. The smallest absolute Gasteiger partial charge is 0.270 e. The Hall–Kier alpha value is -1.67. The zero-order chi connectivity index (χ0) is 15.9. The van der Waals surface area contributed by atoms with Gasteiger partial charge in [0.15, 0.2) is 0 Å². The first-order chi connectivity index (χ1) is 9.92. The summed E-state index contributed by atoms with van der Waals surface area (Å²) in [5.74, 6) is 0. The first-order valence-electron chi connectivity index (χ1n) is 6.94. The topological polar surface area (TPSA) is 101 Å². The molecule has 0 bridgehead atoms. The summed E-state index contributed by atoms with van der Waals surface area (Å²) in [4.78, 5) is 10.2. The van der Waals surface area contributed by atoms with Gasteiger partial charge < -0.3 is 5.32 Å². The fourth-order valence-electron chi connectivity index (χ4n) is 1.71. The lowest BCUT2D eigenvalue weighted by Gasteiger charge is -2.12. The molecule has 8 heteroatoms. The van der Waals surface area contributed by atoms with Gasteiger partial charge in [0.2, 0.25) is 10.0 Å². The van der Waals surface area contributed by atoms with Gasteiger partial charge in [-0.15, -0.1) is 0 Å². The molecule has 0 amide bonds. The molecular weight excluding hydrogens is 294 g/mol. The van der Waals surface area contributed by atoms with Crippen molar-refractivity contribution in [1.29, 1.82) is 0 Å². The second-order valence-corrected chi connectivity index (χ2v) is 6.35. The van der Waals surface area contributed by atoms with Crippen LogP contribution in [0.2, 0.25) is 0 Å². The highest BCUT2D eigenvalue weighted by Crippen LogP contribution is 2.26. The van der Waals surface area contributed by atoms with E-state index in [2.05, 4.69) is 10.0 Å². The Morgan fingerprint density at radius 2 is 1.90 bits per heavy atom. The molecule has 0 aliphatic rings. The second-order valence-electron chi connectivity index (χ2n) is 4.62. The summed E-state index contributed by atoms with van der Waals surface area (Å²) in [6.45, 7) is 4.81. The highest BCUT2D eigenvalue weighted by molar-refractivity contribution is 7.89. The lowest BCUT2D eigenvalue weighted by Crippen LogP contribution is -2.25. The molecule has 0 spiro atoms. The Morgan fingerprint density at radius 3 is 2.48 bits per heavy atom. The van der Waals surface area contributed by atoms with Gasteiger partial charge in [0, 0.05) is 25.2 Å². The third-order valence-electron chi connectivity index (χ3n) is 2.85. The van der Waals surface area contributed by atoms with Crippen molar-refractivity contribution in [3.05, 3.63) is 28.3 Å². The van der Waals surface area contributed by atoms with Crippen LogP contribution in [0.5, 0.6) is 0 Å². The van der Waals surface area contributed by atoms with E-state index in [-0.39, 0.29) is 10.6 Å². The van der Waals surface area contributed by atoms with E-state index in [1.807, 2.05) is 13.8 Å². The zero-order valence-electron chi connectivity index (χ0n) is 12.3. The van der Waals surface area contributed by atoms with Crippen molar-refractivity contribution in [1.82, 2.24) is 4.72 Å². The van der Waals surface area contributed by atoms with Crippen molar-refractivity contribution in [3.8, 4) is 0 Å². The lowest BCUT2D eigenvalue weighted by molar-refractivity contribution is -0.385. The Bertz CT molecular complexity index is 587. The molecule has 21 heavy (non-hydrogen) atoms. The fraction of sp³-hybridized carbons (Fsp3) is 0.538. The van der Waals surface area contributed by atoms with Gasteiger partial charge in [-0.3, -0.25) is 10.1 Å². The van der Waals surface area contributed by atoms with Gasteiger partial charge in [-0.05, 0) is 18.9 Å². The highest BCUT2D eigenvalue weighted by Gasteiger charge is 2.21. The minimum absolute atomic E-state index is 0.0822. The van der Waals surface area contributed by atoms with Crippen LogP contribution in [0.4, 0.5) is 11.4 Å². The van der Waals surface area contributed by atoms with Crippen molar-refractivity contribution in [2.45, 2.75) is 38.0 Å². The van der Waals surface area contributed by atoms with E-state index in [4.69, 9.17) is 0 Å². The Labute approximate surface area is 124 Å². The van der Waals surface area contributed by atoms with Crippen LogP contribution >= 0.6 is 0 Å². The Morgan fingerprint density at radius 1 is 1.19 bits per heavy atom. The van der Waals surface area contributed by atoms with Gasteiger partial charge in [-0.2, -0.15) is 0 Å². The number of non-ortho nitro benzene ring substituents is 1. The number of unbranched alkanes of at least 4 members (excludes halogenated alkanes) is 1. The van der Waals surface area contributed by atoms with Crippen molar-refractivity contribution < 1.29 is 13.3 Å². The minimum atomic E-state index is -3.77. The van der Waals surface area contributed by atoms with E-state index in [0.29, 0.717) is 25.2 Å². The van der Waals surface area contributed by atoms with Gasteiger partial charge in [-0.1, -0.05) is 20.3 Å². The average Bonchev–Trinajstić information content (AvgIpc) is 2.45. The maximum Gasteiger partial charge on any atom is 0.270 e. The number of hydrogen-bond donors (Lipinski definition) is 2. The summed E-state index contributed by atoms with van der Waals surface area (Å²) in [7, 11) is -3.77. The zero-order valence-corrected chi connectivity index (χ0v) is 13.1. The molecule has 0 unspecified atom stereocenters. The van der Waals surface area contributed by atoms with E-state index < -0.39 is 14.9 Å². The summed E-state index contributed by atoms with van der Waals surface area (Å²) >= 11 is 0. The number of benzene rings is 1. The molecule has 1 aromatic rings. The molecule has 0 aliphatic heterocycles. The number of hydrogen-bond acceptors (Lipinski definition) is 5. The third-order valence-corrected chi connectivity index (χ3v) is 4.35. The molecule has 0 heterocycles. The van der Waals surface area contributed by atoms with E-state index in [1.54, 1.807) is 0 Å². The van der Waals surface area contributed by atoms with E-state index in [0.717, 1.165) is 18.9 Å².